The van der Waals surface area contributed by atoms with Crippen molar-refractivity contribution in [2.75, 3.05) is 0 Å². The number of amides is 1. The lowest BCUT2D eigenvalue weighted by Gasteiger charge is -2.11. The summed E-state index contributed by atoms with van der Waals surface area (Å²) in [5, 5.41) is 8.10. The van der Waals surface area contributed by atoms with Gasteiger partial charge in [0, 0.05) is 35.4 Å². The predicted molar refractivity (Wildman–Crippen MR) is 98.8 cm³/mol. The van der Waals surface area contributed by atoms with E-state index in [1.165, 1.54) is 0 Å². The Balaban J connectivity index is 1.63. The molecule has 0 aliphatic rings. The molecule has 1 aromatic carbocycles. The third-order valence-electron chi connectivity index (χ3n) is 4.29. The summed E-state index contributed by atoms with van der Waals surface area (Å²) in [5.74, 6) is 0.0190. The maximum absolute atomic E-state index is 12.2. The average molecular weight is 357 g/mol. The molecule has 0 radical (unpaired) electrons. The lowest BCUT2D eigenvalue weighted by Crippen LogP contribution is -2.23. The lowest BCUT2D eigenvalue weighted by molar-refractivity contribution is -0.121. The molecule has 0 saturated carbocycles. The van der Waals surface area contributed by atoms with Crippen LogP contribution in [0.15, 0.2) is 30.3 Å². The number of carbonyl (C=O) groups excluding carboxylic acids is 1. The molecule has 0 aliphatic carbocycles. The summed E-state index contributed by atoms with van der Waals surface area (Å²) in [4.78, 5) is 16.8. The second-order valence-electron chi connectivity index (χ2n) is 6.22. The van der Waals surface area contributed by atoms with Crippen molar-refractivity contribution in [3.05, 3.63) is 63.6 Å². The molecule has 2 aromatic heterocycles. The lowest BCUT2D eigenvalue weighted by atomic mass is 10.1. The molecule has 3 aromatic rings. The summed E-state index contributed by atoms with van der Waals surface area (Å²) in [7, 11) is 0. The smallest absolute Gasteiger partial charge is 0.220 e. The summed E-state index contributed by atoms with van der Waals surface area (Å²) in [6.45, 7) is 6.46. The Kier molecular flexibility index (Phi) is 5.04. The van der Waals surface area contributed by atoms with E-state index in [2.05, 4.69) is 15.4 Å². The Labute approximate surface area is 152 Å². The van der Waals surface area contributed by atoms with Crippen LogP contribution in [0.1, 0.15) is 34.6 Å². The molecule has 25 heavy (non-hydrogen) atoms. The topological polar surface area (TPSA) is 59.3 Å². The van der Waals surface area contributed by atoms with Crippen LogP contribution < -0.4 is 5.32 Å². The van der Waals surface area contributed by atoms with Crippen molar-refractivity contribution in [2.24, 2.45) is 0 Å². The number of rotatable bonds is 5. The first-order valence-corrected chi connectivity index (χ1v) is 8.65. The highest BCUT2D eigenvalue weighted by Crippen LogP contribution is 2.17. The molecule has 0 saturated heterocycles. The molecule has 0 aliphatic heterocycles. The fourth-order valence-electron chi connectivity index (χ4n) is 2.93. The maximum atomic E-state index is 12.2. The van der Waals surface area contributed by atoms with E-state index in [0.717, 1.165) is 33.9 Å². The largest absolute Gasteiger partial charge is 0.352 e. The molecule has 0 spiro atoms. The third-order valence-corrected chi connectivity index (χ3v) is 4.54. The summed E-state index contributed by atoms with van der Waals surface area (Å²) < 4.78 is 1.85. The van der Waals surface area contributed by atoms with Gasteiger partial charge in [-0.2, -0.15) is 5.10 Å². The molecule has 1 amide bonds. The van der Waals surface area contributed by atoms with Gasteiger partial charge in [0.2, 0.25) is 5.91 Å². The van der Waals surface area contributed by atoms with Gasteiger partial charge in [0.15, 0.2) is 5.65 Å². The van der Waals surface area contributed by atoms with Crippen LogP contribution in [0.3, 0.4) is 0 Å². The highest BCUT2D eigenvalue weighted by molar-refractivity contribution is 6.30. The van der Waals surface area contributed by atoms with Gasteiger partial charge in [0.1, 0.15) is 0 Å². The summed E-state index contributed by atoms with van der Waals surface area (Å²) >= 11 is 5.86. The van der Waals surface area contributed by atoms with Crippen molar-refractivity contribution in [1.29, 1.82) is 0 Å². The number of aromatic nitrogens is 3. The van der Waals surface area contributed by atoms with E-state index in [1.807, 2.05) is 55.6 Å². The van der Waals surface area contributed by atoms with E-state index >= 15 is 0 Å². The van der Waals surface area contributed by atoms with E-state index in [-0.39, 0.29) is 5.91 Å². The zero-order valence-electron chi connectivity index (χ0n) is 14.6. The number of carbonyl (C=O) groups is 1. The average Bonchev–Trinajstić information content (AvgIpc) is 2.94. The number of hydrogen-bond donors (Lipinski definition) is 1. The van der Waals surface area contributed by atoms with Gasteiger partial charge >= 0.3 is 0 Å². The number of hydrogen-bond acceptors (Lipinski definition) is 3. The van der Waals surface area contributed by atoms with Crippen LogP contribution in [0.25, 0.3) is 5.65 Å². The van der Waals surface area contributed by atoms with Crippen molar-refractivity contribution in [1.82, 2.24) is 19.9 Å². The van der Waals surface area contributed by atoms with Crippen molar-refractivity contribution >= 4 is 23.2 Å². The molecule has 1 N–H and O–H groups in total. The van der Waals surface area contributed by atoms with Gasteiger partial charge in [0.05, 0.1) is 5.69 Å². The Hall–Kier alpha value is -2.40. The molecule has 0 atom stereocenters. The predicted octanol–water partition coefficient (Wildman–Crippen LogP) is 3.56. The Bertz CT molecular complexity index is 915. The minimum atomic E-state index is 0.0190. The molecule has 5 nitrogen and oxygen atoms in total. The van der Waals surface area contributed by atoms with E-state index in [4.69, 9.17) is 11.6 Å². The van der Waals surface area contributed by atoms with Crippen LogP contribution >= 0.6 is 11.6 Å². The van der Waals surface area contributed by atoms with Crippen LogP contribution in [0.2, 0.25) is 5.02 Å². The first-order chi connectivity index (χ1) is 11.9. The molecular weight excluding hydrogens is 336 g/mol. The molecular formula is C19H21ClN4O. The second kappa shape index (κ2) is 7.23. The van der Waals surface area contributed by atoms with Crippen molar-refractivity contribution in [3.8, 4) is 0 Å². The van der Waals surface area contributed by atoms with Crippen LogP contribution in [0.4, 0.5) is 0 Å². The van der Waals surface area contributed by atoms with E-state index in [9.17, 15) is 4.79 Å². The summed E-state index contributed by atoms with van der Waals surface area (Å²) in [6, 6.07) is 9.43. The van der Waals surface area contributed by atoms with Crippen LogP contribution in [0, 0.1) is 20.8 Å². The number of halogens is 1. The van der Waals surface area contributed by atoms with Gasteiger partial charge in [-0.15, -0.1) is 0 Å². The Morgan fingerprint density at radius 3 is 2.64 bits per heavy atom. The molecule has 6 heteroatoms. The SMILES string of the molecule is Cc1cc2nc(C)c(CCC(=O)NCc3ccc(Cl)cc3)c(C)n2n1. The second-order valence-corrected chi connectivity index (χ2v) is 6.66. The van der Waals surface area contributed by atoms with E-state index < -0.39 is 0 Å². The summed E-state index contributed by atoms with van der Waals surface area (Å²) in [5.41, 5.74) is 5.89. The standard InChI is InChI=1S/C19H21ClN4O/c1-12-10-18-22-13(2)17(14(3)24(18)23-12)8-9-19(25)21-11-15-4-6-16(20)7-5-15/h4-7,10H,8-9,11H2,1-3H3,(H,21,25). The summed E-state index contributed by atoms with van der Waals surface area (Å²) in [6.07, 6.45) is 1.06. The van der Waals surface area contributed by atoms with E-state index in [1.54, 1.807) is 0 Å². The van der Waals surface area contributed by atoms with Gasteiger partial charge in [-0.1, -0.05) is 23.7 Å². The van der Waals surface area contributed by atoms with Crippen molar-refractivity contribution < 1.29 is 4.79 Å². The Morgan fingerprint density at radius 2 is 1.92 bits per heavy atom. The highest BCUT2D eigenvalue weighted by Gasteiger charge is 2.12. The maximum Gasteiger partial charge on any atom is 0.220 e. The molecule has 2 heterocycles. The Morgan fingerprint density at radius 1 is 1.20 bits per heavy atom. The van der Waals surface area contributed by atoms with Gasteiger partial charge < -0.3 is 5.32 Å². The van der Waals surface area contributed by atoms with E-state index in [0.29, 0.717) is 24.4 Å². The number of nitrogens with one attached hydrogen (secondary N) is 1. The van der Waals surface area contributed by atoms with Gasteiger partial charge in [-0.05, 0) is 50.5 Å². The van der Waals surface area contributed by atoms with Gasteiger partial charge in [-0.3, -0.25) is 4.79 Å². The zero-order chi connectivity index (χ0) is 18.0. The van der Waals surface area contributed by atoms with Gasteiger partial charge in [-0.25, -0.2) is 9.50 Å². The van der Waals surface area contributed by atoms with Gasteiger partial charge in [0.25, 0.3) is 0 Å². The number of aryl methyl sites for hydroxylation is 3. The quantitative estimate of drug-likeness (QED) is 0.760. The minimum Gasteiger partial charge on any atom is -0.352 e. The third kappa shape index (κ3) is 3.99. The first kappa shape index (κ1) is 17.4. The van der Waals surface area contributed by atoms with Crippen molar-refractivity contribution in [2.45, 2.75) is 40.2 Å². The number of benzene rings is 1. The zero-order valence-corrected chi connectivity index (χ0v) is 15.4. The molecule has 0 unspecified atom stereocenters. The fraction of sp³-hybridized carbons (Fsp3) is 0.316. The fourth-order valence-corrected chi connectivity index (χ4v) is 3.06. The highest BCUT2D eigenvalue weighted by atomic mass is 35.5. The monoisotopic (exact) mass is 356 g/mol. The molecule has 130 valence electrons. The normalized spacial score (nSPS) is 11.0. The van der Waals surface area contributed by atoms with Crippen LogP contribution in [0.5, 0.6) is 0 Å². The van der Waals surface area contributed by atoms with Crippen LogP contribution in [-0.4, -0.2) is 20.5 Å². The first-order valence-electron chi connectivity index (χ1n) is 8.27. The minimum absolute atomic E-state index is 0.0190. The number of fused-ring (bicyclic) bond motifs is 1. The van der Waals surface area contributed by atoms with Crippen LogP contribution in [-0.2, 0) is 17.8 Å². The number of nitrogens with zero attached hydrogens (tertiary/aromatic N) is 3. The van der Waals surface area contributed by atoms with Crippen molar-refractivity contribution in [3.63, 3.8) is 0 Å². The molecule has 0 bridgehead atoms. The molecule has 3 rings (SSSR count). The molecule has 0 fully saturated rings.